The number of aromatic nitrogens is 2. The molecule has 0 fully saturated rings. The van der Waals surface area contributed by atoms with Crippen molar-refractivity contribution < 1.29 is 14.3 Å². The number of nitrogens with zero attached hydrogens (tertiary/aromatic N) is 3. The van der Waals surface area contributed by atoms with Gasteiger partial charge in [-0.3, -0.25) is 9.48 Å². The van der Waals surface area contributed by atoms with Crippen molar-refractivity contribution in [3.05, 3.63) is 47.8 Å². The van der Waals surface area contributed by atoms with E-state index >= 15 is 0 Å². The third-order valence-corrected chi connectivity index (χ3v) is 4.31. The molecule has 6 nitrogen and oxygen atoms in total. The zero-order valence-electron chi connectivity index (χ0n) is 14.1. The van der Waals surface area contributed by atoms with Crippen LogP contribution in [0.1, 0.15) is 17.7 Å². The minimum Gasteiger partial charge on any atom is -0.484 e. The number of benzene rings is 1. The summed E-state index contributed by atoms with van der Waals surface area (Å²) in [7, 11) is 1.66. The number of carbonyl (C=O) groups is 1. The highest BCUT2D eigenvalue weighted by Crippen LogP contribution is 2.18. The Morgan fingerprint density at radius 3 is 2.83 bits per heavy atom. The smallest absolute Gasteiger partial charge is 0.261 e. The first-order valence-corrected chi connectivity index (χ1v) is 8.16. The lowest BCUT2D eigenvalue weighted by Crippen LogP contribution is -2.44. The standard InChI is InChI=1S/C18H23N3O3/c1-14-3-5-17(6-4-14)24-13-18(22)20-11-15-7-9-19-21(15)10-8-16(20)12-23-2/h3-7,9,16H,8,10-13H2,1-2H3/t16-/m0/s1. The van der Waals surface area contributed by atoms with E-state index in [1.807, 2.05) is 46.8 Å². The van der Waals surface area contributed by atoms with Crippen LogP contribution in [0, 0.1) is 6.92 Å². The van der Waals surface area contributed by atoms with Gasteiger partial charge in [-0.25, -0.2) is 0 Å². The molecule has 1 aromatic carbocycles. The predicted molar refractivity (Wildman–Crippen MR) is 89.7 cm³/mol. The van der Waals surface area contributed by atoms with Gasteiger partial charge in [0, 0.05) is 19.9 Å². The Bertz CT molecular complexity index is 681. The van der Waals surface area contributed by atoms with Gasteiger partial charge in [0.25, 0.3) is 5.91 Å². The molecule has 0 spiro atoms. The SMILES string of the molecule is COC[C@@H]1CCn2nccc2CN1C(=O)COc1ccc(C)cc1. The van der Waals surface area contributed by atoms with Gasteiger partial charge in [0.15, 0.2) is 6.61 Å². The van der Waals surface area contributed by atoms with Gasteiger partial charge >= 0.3 is 0 Å². The summed E-state index contributed by atoms with van der Waals surface area (Å²) in [4.78, 5) is 14.6. The van der Waals surface area contributed by atoms with Crippen LogP contribution in [0.5, 0.6) is 5.75 Å². The Labute approximate surface area is 142 Å². The van der Waals surface area contributed by atoms with Gasteiger partial charge < -0.3 is 14.4 Å². The number of hydrogen-bond donors (Lipinski definition) is 0. The van der Waals surface area contributed by atoms with Crippen LogP contribution in [0.4, 0.5) is 0 Å². The Morgan fingerprint density at radius 2 is 2.08 bits per heavy atom. The molecule has 24 heavy (non-hydrogen) atoms. The molecule has 1 amide bonds. The van der Waals surface area contributed by atoms with Crippen molar-refractivity contribution >= 4 is 5.91 Å². The second kappa shape index (κ2) is 7.49. The van der Waals surface area contributed by atoms with E-state index in [1.54, 1.807) is 13.3 Å². The van der Waals surface area contributed by atoms with Crippen LogP contribution in [0.3, 0.4) is 0 Å². The van der Waals surface area contributed by atoms with Crippen LogP contribution in [0.25, 0.3) is 0 Å². The highest BCUT2D eigenvalue weighted by Gasteiger charge is 2.28. The van der Waals surface area contributed by atoms with Crippen molar-refractivity contribution in [1.82, 2.24) is 14.7 Å². The first-order chi connectivity index (χ1) is 11.7. The summed E-state index contributed by atoms with van der Waals surface area (Å²) in [6.07, 6.45) is 2.59. The maximum atomic E-state index is 12.7. The third-order valence-electron chi connectivity index (χ3n) is 4.31. The van der Waals surface area contributed by atoms with E-state index in [0.717, 1.165) is 24.2 Å². The van der Waals surface area contributed by atoms with E-state index in [0.29, 0.717) is 18.9 Å². The van der Waals surface area contributed by atoms with Gasteiger partial charge in [-0.1, -0.05) is 17.7 Å². The predicted octanol–water partition coefficient (Wildman–Crippen LogP) is 2.02. The van der Waals surface area contributed by atoms with Crippen LogP contribution < -0.4 is 4.74 Å². The number of aryl methyl sites for hydroxylation is 2. The molecule has 0 saturated carbocycles. The molecule has 3 rings (SSSR count). The van der Waals surface area contributed by atoms with Crippen LogP contribution in [-0.4, -0.2) is 47.0 Å². The first-order valence-electron chi connectivity index (χ1n) is 8.16. The number of hydrogen-bond acceptors (Lipinski definition) is 4. The fourth-order valence-electron chi connectivity index (χ4n) is 2.95. The lowest BCUT2D eigenvalue weighted by atomic mass is 10.2. The van der Waals surface area contributed by atoms with Crippen molar-refractivity contribution in [3.8, 4) is 5.75 Å². The summed E-state index contributed by atoms with van der Waals surface area (Å²) in [5.41, 5.74) is 2.20. The first kappa shape index (κ1) is 16.5. The summed E-state index contributed by atoms with van der Waals surface area (Å²) in [6, 6.07) is 9.69. The molecule has 0 N–H and O–H groups in total. The topological polar surface area (TPSA) is 56.6 Å². The second-order valence-corrected chi connectivity index (χ2v) is 6.07. The average Bonchev–Trinajstić information content (AvgIpc) is 2.96. The third kappa shape index (κ3) is 3.76. The molecule has 0 unspecified atom stereocenters. The van der Waals surface area contributed by atoms with Crippen molar-refractivity contribution in [2.45, 2.75) is 32.5 Å². The van der Waals surface area contributed by atoms with Gasteiger partial charge in [-0.2, -0.15) is 5.10 Å². The number of carbonyl (C=O) groups excluding carboxylic acids is 1. The monoisotopic (exact) mass is 329 g/mol. The molecule has 128 valence electrons. The van der Waals surface area contributed by atoms with E-state index < -0.39 is 0 Å². The molecular weight excluding hydrogens is 306 g/mol. The molecular formula is C18H23N3O3. The molecule has 1 aliphatic rings. The zero-order chi connectivity index (χ0) is 16.9. The fourth-order valence-corrected chi connectivity index (χ4v) is 2.95. The molecule has 0 radical (unpaired) electrons. The van der Waals surface area contributed by atoms with E-state index in [2.05, 4.69) is 5.10 Å². The molecule has 1 aromatic heterocycles. The van der Waals surface area contributed by atoms with Crippen LogP contribution >= 0.6 is 0 Å². The number of fused-ring (bicyclic) bond motifs is 1. The zero-order valence-corrected chi connectivity index (χ0v) is 14.1. The van der Waals surface area contributed by atoms with E-state index in [1.165, 1.54) is 0 Å². The Morgan fingerprint density at radius 1 is 1.29 bits per heavy atom. The number of methoxy groups -OCH3 is 1. The van der Waals surface area contributed by atoms with Crippen molar-refractivity contribution in [2.75, 3.05) is 20.3 Å². The minimum atomic E-state index is -0.0349. The molecule has 2 aromatic rings. The maximum absolute atomic E-state index is 12.7. The highest BCUT2D eigenvalue weighted by atomic mass is 16.5. The van der Waals surface area contributed by atoms with Gasteiger partial charge in [0.05, 0.1) is 24.9 Å². The molecule has 0 aliphatic carbocycles. The Hall–Kier alpha value is -2.34. The van der Waals surface area contributed by atoms with Crippen LogP contribution in [0.2, 0.25) is 0 Å². The van der Waals surface area contributed by atoms with Crippen molar-refractivity contribution in [3.63, 3.8) is 0 Å². The Kier molecular flexibility index (Phi) is 5.15. The van der Waals surface area contributed by atoms with E-state index in [9.17, 15) is 4.79 Å². The lowest BCUT2D eigenvalue weighted by molar-refractivity contribution is -0.137. The fraction of sp³-hybridized carbons (Fsp3) is 0.444. The highest BCUT2D eigenvalue weighted by molar-refractivity contribution is 5.78. The summed E-state index contributed by atoms with van der Waals surface area (Å²) < 4.78 is 12.9. The summed E-state index contributed by atoms with van der Waals surface area (Å²) >= 11 is 0. The number of amides is 1. The molecule has 2 heterocycles. The molecule has 1 aliphatic heterocycles. The summed E-state index contributed by atoms with van der Waals surface area (Å²) in [5, 5.41) is 4.31. The number of rotatable bonds is 5. The lowest BCUT2D eigenvalue weighted by Gasteiger charge is -2.29. The molecule has 0 saturated heterocycles. The van der Waals surface area contributed by atoms with Gasteiger partial charge in [0.1, 0.15) is 5.75 Å². The van der Waals surface area contributed by atoms with Gasteiger partial charge in [0.2, 0.25) is 0 Å². The second-order valence-electron chi connectivity index (χ2n) is 6.07. The minimum absolute atomic E-state index is 0.0252. The van der Waals surface area contributed by atoms with Crippen molar-refractivity contribution in [2.24, 2.45) is 0 Å². The molecule has 1 atom stereocenters. The van der Waals surface area contributed by atoms with Crippen LogP contribution in [0.15, 0.2) is 36.5 Å². The maximum Gasteiger partial charge on any atom is 0.261 e. The molecule has 6 heteroatoms. The normalized spacial score (nSPS) is 17.2. The largest absolute Gasteiger partial charge is 0.484 e. The van der Waals surface area contributed by atoms with Gasteiger partial charge in [-0.05, 0) is 31.5 Å². The van der Waals surface area contributed by atoms with E-state index in [-0.39, 0.29) is 18.6 Å². The summed E-state index contributed by atoms with van der Waals surface area (Å²) in [5.74, 6) is 0.671. The molecule has 0 bridgehead atoms. The van der Waals surface area contributed by atoms with Gasteiger partial charge in [-0.15, -0.1) is 0 Å². The Balaban J connectivity index is 1.68. The number of ether oxygens (including phenoxy) is 2. The average molecular weight is 329 g/mol. The van der Waals surface area contributed by atoms with Crippen molar-refractivity contribution in [1.29, 1.82) is 0 Å². The van der Waals surface area contributed by atoms with Crippen LogP contribution in [-0.2, 0) is 22.6 Å². The quantitative estimate of drug-likeness (QED) is 0.842. The summed E-state index contributed by atoms with van der Waals surface area (Å²) in [6.45, 7) is 3.88. The van der Waals surface area contributed by atoms with E-state index in [4.69, 9.17) is 9.47 Å².